The molecule has 0 spiro atoms. The number of aliphatic hydroxyl groups excluding tert-OH is 1. The number of quaternary nitrogens is 2. The maximum absolute atomic E-state index is 8.86. The minimum absolute atomic E-state index is 0. The molecule has 0 unspecified atom stereocenters. The normalized spacial score (nSPS) is 40.7. The number of piperazine rings is 3. The van der Waals surface area contributed by atoms with Gasteiger partial charge in [0.15, 0.2) is 0 Å². The van der Waals surface area contributed by atoms with Gasteiger partial charge in [-0.1, -0.05) is 0 Å². The van der Waals surface area contributed by atoms with Crippen molar-refractivity contribution in [2.45, 2.75) is 6.42 Å². The first-order valence-corrected chi connectivity index (χ1v) is 5.48. The Balaban J connectivity index is 0.000000980. The summed E-state index contributed by atoms with van der Waals surface area (Å²) in [5, 5.41) is 8.86. The van der Waals surface area contributed by atoms with Gasteiger partial charge in [-0.3, -0.25) is 0 Å². The van der Waals surface area contributed by atoms with Crippen molar-refractivity contribution >= 4 is 12.4 Å². The maximum atomic E-state index is 8.86. The molecule has 0 saturated carbocycles. The van der Waals surface area contributed by atoms with Crippen LogP contribution in [-0.4, -0.2) is 73.5 Å². The third-order valence-electron chi connectivity index (χ3n) is 4.13. The van der Waals surface area contributed by atoms with Gasteiger partial charge in [-0.2, -0.15) is 0 Å². The van der Waals surface area contributed by atoms with E-state index in [1.54, 1.807) is 0 Å². The van der Waals surface area contributed by atoms with Gasteiger partial charge in [-0.15, -0.1) is 12.4 Å². The number of hydrogen-bond acceptors (Lipinski definition) is 1. The van der Waals surface area contributed by atoms with Gasteiger partial charge in [-0.25, -0.2) is 0 Å². The molecule has 84 valence electrons. The molecule has 3 saturated heterocycles. The Labute approximate surface area is 92.9 Å². The zero-order valence-electron chi connectivity index (χ0n) is 9.11. The predicted molar refractivity (Wildman–Crippen MR) is 59.5 cm³/mol. The topological polar surface area (TPSA) is 20.2 Å². The van der Waals surface area contributed by atoms with E-state index in [1.807, 2.05) is 0 Å². The van der Waals surface area contributed by atoms with Crippen LogP contribution in [0.3, 0.4) is 0 Å². The quantitative estimate of drug-likeness (QED) is 0.671. The first kappa shape index (κ1) is 12.2. The Kier molecular flexibility index (Phi) is 3.81. The van der Waals surface area contributed by atoms with Gasteiger partial charge >= 0.3 is 0 Å². The Hall–Kier alpha value is 0.170. The highest BCUT2D eigenvalue weighted by molar-refractivity contribution is 5.85. The lowest BCUT2D eigenvalue weighted by Gasteiger charge is -2.54. The van der Waals surface area contributed by atoms with Crippen molar-refractivity contribution in [3.63, 3.8) is 0 Å². The highest BCUT2D eigenvalue weighted by Gasteiger charge is 2.45. The number of hydrogen-bond donors (Lipinski definition) is 1. The van der Waals surface area contributed by atoms with E-state index >= 15 is 0 Å². The van der Waals surface area contributed by atoms with Crippen LogP contribution in [-0.2, 0) is 0 Å². The monoisotopic (exact) mass is 222 g/mol. The van der Waals surface area contributed by atoms with Gasteiger partial charge in [-0.05, 0) is 0 Å². The average Bonchev–Trinajstić information content (AvgIpc) is 2.18. The van der Waals surface area contributed by atoms with Crippen molar-refractivity contribution in [3.05, 3.63) is 0 Å². The Bertz CT molecular complexity index is 168. The highest BCUT2D eigenvalue weighted by atomic mass is 35.5. The van der Waals surface area contributed by atoms with E-state index in [0.717, 1.165) is 6.42 Å². The molecular formula is C10H23ClN2O+2. The van der Waals surface area contributed by atoms with Gasteiger partial charge in [0, 0.05) is 13.0 Å². The molecule has 0 aliphatic carbocycles. The minimum Gasteiger partial charge on any atom is -0.396 e. The minimum atomic E-state index is 0. The maximum Gasteiger partial charge on any atom is 0.129 e. The van der Waals surface area contributed by atoms with Gasteiger partial charge in [0.25, 0.3) is 0 Å². The lowest BCUT2D eigenvalue weighted by Crippen LogP contribution is -2.73. The standard InChI is InChI=1S/C10H22N2O.ClH/c1-11-4-7-12(8-5-11,9-6-11)3-2-10-13;/h13H,2-10H2,1H3;1H/q+2;. The van der Waals surface area contributed by atoms with E-state index in [4.69, 9.17) is 5.11 Å². The molecule has 3 aliphatic rings. The SMILES string of the molecule is C[N+]12CC[N+](CCCO)(CC1)CC2.Cl. The second kappa shape index (κ2) is 4.35. The zero-order valence-corrected chi connectivity index (χ0v) is 9.93. The molecule has 1 N–H and O–H groups in total. The lowest BCUT2D eigenvalue weighted by molar-refractivity contribution is -1.07. The van der Waals surface area contributed by atoms with Gasteiger partial charge in [0.1, 0.15) is 39.3 Å². The molecule has 3 fully saturated rings. The van der Waals surface area contributed by atoms with Crippen LogP contribution in [0.4, 0.5) is 0 Å². The third kappa shape index (κ3) is 2.22. The van der Waals surface area contributed by atoms with E-state index in [0.29, 0.717) is 6.61 Å². The van der Waals surface area contributed by atoms with Gasteiger partial charge in [0.2, 0.25) is 0 Å². The molecule has 2 bridgehead atoms. The van der Waals surface area contributed by atoms with Crippen LogP contribution in [0.1, 0.15) is 6.42 Å². The fourth-order valence-corrected chi connectivity index (χ4v) is 2.77. The predicted octanol–water partition coefficient (Wildman–Crippen LogP) is 0.0812. The zero-order chi connectivity index (χ0) is 9.36. The molecule has 0 aromatic rings. The Morgan fingerprint density at radius 1 is 1.00 bits per heavy atom. The summed E-state index contributed by atoms with van der Waals surface area (Å²) in [6, 6.07) is 0. The summed E-state index contributed by atoms with van der Waals surface area (Å²) in [4.78, 5) is 0. The molecule has 0 radical (unpaired) electrons. The fourth-order valence-electron chi connectivity index (χ4n) is 2.77. The van der Waals surface area contributed by atoms with E-state index in [1.165, 1.54) is 54.8 Å². The van der Waals surface area contributed by atoms with Crippen LogP contribution in [0.2, 0.25) is 0 Å². The van der Waals surface area contributed by atoms with Crippen LogP contribution in [0.5, 0.6) is 0 Å². The molecule has 3 rings (SSSR count). The smallest absolute Gasteiger partial charge is 0.129 e. The van der Waals surface area contributed by atoms with Gasteiger partial charge < -0.3 is 14.1 Å². The number of nitrogens with zero attached hydrogens (tertiary/aromatic N) is 2. The van der Waals surface area contributed by atoms with Crippen LogP contribution in [0, 0.1) is 0 Å². The molecule has 3 heterocycles. The third-order valence-corrected chi connectivity index (χ3v) is 4.13. The number of rotatable bonds is 3. The first-order chi connectivity index (χ1) is 6.18. The Morgan fingerprint density at radius 2 is 1.50 bits per heavy atom. The number of fused-ring (bicyclic) bond motifs is 3. The second-order valence-electron chi connectivity index (χ2n) is 5.10. The van der Waals surface area contributed by atoms with E-state index in [-0.39, 0.29) is 12.4 Å². The Morgan fingerprint density at radius 3 is 1.93 bits per heavy atom. The molecule has 3 aliphatic heterocycles. The molecular weight excluding hydrogens is 200 g/mol. The van der Waals surface area contributed by atoms with E-state index < -0.39 is 0 Å². The second-order valence-corrected chi connectivity index (χ2v) is 5.10. The summed E-state index contributed by atoms with van der Waals surface area (Å²) in [7, 11) is 2.39. The largest absolute Gasteiger partial charge is 0.396 e. The molecule has 3 nitrogen and oxygen atoms in total. The summed E-state index contributed by atoms with van der Waals surface area (Å²) < 4.78 is 2.60. The summed E-state index contributed by atoms with van der Waals surface area (Å²) in [5.41, 5.74) is 0. The number of likely N-dealkylation sites (N-methyl/N-ethyl adjacent to an activating group) is 1. The van der Waals surface area contributed by atoms with Crippen LogP contribution >= 0.6 is 12.4 Å². The first-order valence-electron chi connectivity index (χ1n) is 5.48. The van der Waals surface area contributed by atoms with Crippen LogP contribution in [0.25, 0.3) is 0 Å². The number of halogens is 1. The van der Waals surface area contributed by atoms with E-state index in [9.17, 15) is 0 Å². The van der Waals surface area contributed by atoms with Crippen molar-refractivity contribution in [1.29, 1.82) is 0 Å². The summed E-state index contributed by atoms with van der Waals surface area (Å²) in [6.45, 7) is 9.66. The molecule has 0 aromatic carbocycles. The molecule has 0 atom stereocenters. The molecule has 4 heteroatoms. The van der Waals surface area contributed by atoms with Crippen LogP contribution in [0.15, 0.2) is 0 Å². The van der Waals surface area contributed by atoms with Crippen molar-refractivity contribution in [3.8, 4) is 0 Å². The van der Waals surface area contributed by atoms with Crippen molar-refractivity contribution in [1.82, 2.24) is 0 Å². The van der Waals surface area contributed by atoms with Crippen LogP contribution < -0.4 is 0 Å². The van der Waals surface area contributed by atoms with Gasteiger partial charge in [0.05, 0.1) is 13.6 Å². The number of aliphatic hydroxyl groups is 1. The fraction of sp³-hybridized carbons (Fsp3) is 1.00. The average molecular weight is 223 g/mol. The van der Waals surface area contributed by atoms with Crippen molar-refractivity contribution < 1.29 is 14.1 Å². The summed E-state index contributed by atoms with van der Waals surface area (Å²) >= 11 is 0. The summed E-state index contributed by atoms with van der Waals surface area (Å²) in [5.74, 6) is 0. The molecule has 0 aromatic heterocycles. The highest BCUT2D eigenvalue weighted by Crippen LogP contribution is 2.24. The lowest BCUT2D eigenvalue weighted by atomic mass is 10.1. The van der Waals surface area contributed by atoms with Crippen molar-refractivity contribution in [2.24, 2.45) is 0 Å². The summed E-state index contributed by atoms with van der Waals surface area (Å²) in [6.07, 6.45) is 0.990. The molecule has 0 amide bonds. The molecule has 14 heavy (non-hydrogen) atoms. The van der Waals surface area contributed by atoms with E-state index in [2.05, 4.69) is 7.05 Å². The van der Waals surface area contributed by atoms with Crippen molar-refractivity contribution in [2.75, 3.05) is 59.5 Å².